The molecule has 0 aliphatic carbocycles. The molecule has 1 N–H and O–H groups in total. The third-order valence-electron chi connectivity index (χ3n) is 3.35. The minimum Gasteiger partial charge on any atom is -0.496 e. The molecule has 1 aromatic carbocycles. The van der Waals surface area contributed by atoms with Crippen LogP contribution >= 0.6 is 0 Å². The molecular weight excluding hydrogens is 268 g/mol. The van der Waals surface area contributed by atoms with Crippen LogP contribution in [0, 0.1) is 0 Å². The largest absolute Gasteiger partial charge is 0.496 e. The van der Waals surface area contributed by atoms with Gasteiger partial charge in [-0.2, -0.15) is 0 Å². The van der Waals surface area contributed by atoms with Crippen LogP contribution in [0.1, 0.15) is 17.2 Å². The number of hydrogen-bond acceptors (Lipinski definition) is 5. The number of nitrogens with one attached hydrogen (secondary N) is 1. The van der Waals surface area contributed by atoms with Gasteiger partial charge in [-0.3, -0.25) is 4.98 Å². The number of rotatable bonds is 6. The molecule has 21 heavy (non-hydrogen) atoms. The van der Waals surface area contributed by atoms with E-state index in [1.165, 1.54) is 0 Å². The highest BCUT2D eigenvalue weighted by molar-refractivity contribution is 5.54. The van der Waals surface area contributed by atoms with Crippen molar-refractivity contribution in [2.24, 2.45) is 0 Å². The number of nitrogens with zero attached hydrogens (tertiary/aromatic N) is 1. The molecule has 0 radical (unpaired) electrons. The smallest absolute Gasteiger partial charge is 0.131 e. The Morgan fingerprint density at radius 2 is 1.71 bits per heavy atom. The molecule has 0 spiro atoms. The average molecular weight is 288 g/mol. The Kier molecular flexibility index (Phi) is 5.00. The molecule has 0 amide bonds. The molecule has 0 saturated heterocycles. The van der Waals surface area contributed by atoms with E-state index in [-0.39, 0.29) is 6.04 Å². The fourth-order valence-corrected chi connectivity index (χ4v) is 2.34. The van der Waals surface area contributed by atoms with Crippen LogP contribution in [-0.2, 0) is 0 Å². The van der Waals surface area contributed by atoms with E-state index in [0.29, 0.717) is 17.2 Å². The second-order valence-corrected chi connectivity index (χ2v) is 4.45. The van der Waals surface area contributed by atoms with E-state index >= 15 is 0 Å². The van der Waals surface area contributed by atoms with Crippen molar-refractivity contribution in [3.05, 3.63) is 47.8 Å². The molecule has 2 aromatic rings. The van der Waals surface area contributed by atoms with Gasteiger partial charge in [0.1, 0.15) is 17.2 Å². The third-order valence-corrected chi connectivity index (χ3v) is 3.35. The summed E-state index contributed by atoms with van der Waals surface area (Å²) in [5.74, 6) is 2.09. The Balaban J connectivity index is 2.59. The maximum absolute atomic E-state index is 5.51. The van der Waals surface area contributed by atoms with Crippen LogP contribution in [0.5, 0.6) is 17.2 Å². The van der Waals surface area contributed by atoms with Crippen molar-refractivity contribution in [3.63, 3.8) is 0 Å². The first-order chi connectivity index (χ1) is 10.2. The van der Waals surface area contributed by atoms with Crippen LogP contribution in [0.3, 0.4) is 0 Å². The summed E-state index contributed by atoms with van der Waals surface area (Å²) < 4.78 is 16.3. The molecule has 112 valence electrons. The maximum atomic E-state index is 5.51. The molecule has 2 rings (SSSR count). The lowest BCUT2D eigenvalue weighted by atomic mass is 9.98. The second-order valence-electron chi connectivity index (χ2n) is 4.45. The highest BCUT2D eigenvalue weighted by Gasteiger charge is 2.23. The van der Waals surface area contributed by atoms with Crippen LogP contribution in [-0.4, -0.2) is 33.4 Å². The van der Waals surface area contributed by atoms with Gasteiger partial charge in [0.05, 0.1) is 32.9 Å². The molecule has 0 saturated carbocycles. The van der Waals surface area contributed by atoms with Crippen LogP contribution < -0.4 is 19.5 Å². The Hall–Kier alpha value is -2.27. The third kappa shape index (κ3) is 3.08. The first kappa shape index (κ1) is 15.1. The second kappa shape index (κ2) is 6.95. The number of pyridine rings is 1. The zero-order chi connectivity index (χ0) is 15.2. The van der Waals surface area contributed by atoms with Gasteiger partial charge in [-0.1, -0.05) is 6.07 Å². The molecule has 5 nitrogen and oxygen atoms in total. The van der Waals surface area contributed by atoms with Crippen molar-refractivity contribution < 1.29 is 14.2 Å². The van der Waals surface area contributed by atoms with E-state index in [9.17, 15) is 0 Å². The number of benzene rings is 1. The van der Waals surface area contributed by atoms with Gasteiger partial charge in [0, 0.05) is 24.5 Å². The summed E-state index contributed by atoms with van der Waals surface area (Å²) in [6.07, 6.45) is 3.57. The Morgan fingerprint density at radius 1 is 1.05 bits per heavy atom. The van der Waals surface area contributed by atoms with Crippen LogP contribution in [0.2, 0.25) is 0 Å². The summed E-state index contributed by atoms with van der Waals surface area (Å²) in [6.45, 7) is 0. The Morgan fingerprint density at radius 3 is 2.14 bits per heavy atom. The van der Waals surface area contributed by atoms with Gasteiger partial charge >= 0.3 is 0 Å². The number of aromatic nitrogens is 1. The number of methoxy groups -OCH3 is 3. The van der Waals surface area contributed by atoms with Gasteiger partial charge in [-0.05, 0) is 18.7 Å². The van der Waals surface area contributed by atoms with Crippen molar-refractivity contribution in [3.8, 4) is 17.2 Å². The standard InChI is InChI=1S/C16H20N2O3/c1-17-16(11-6-5-7-18-10-11)15-13(20-3)8-12(19-2)9-14(15)21-4/h5-10,16-17H,1-4H3. The first-order valence-electron chi connectivity index (χ1n) is 6.62. The van der Waals surface area contributed by atoms with Gasteiger partial charge in [0.15, 0.2) is 0 Å². The van der Waals surface area contributed by atoms with Crippen molar-refractivity contribution in [2.75, 3.05) is 28.4 Å². The fourth-order valence-electron chi connectivity index (χ4n) is 2.34. The molecule has 0 bridgehead atoms. The predicted molar refractivity (Wildman–Crippen MR) is 81.2 cm³/mol. The van der Waals surface area contributed by atoms with Crippen LogP contribution in [0.25, 0.3) is 0 Å². The monoisotopic (exact) mass is 288 g/mol. The van der Waals surface area contributed by atoms with E-state index in [1.807, 2.05) is 37.5 Å². The molecule has 1 unspecified atom stereocenters. The molecule has 0 aliphatic rings. The zero-order valence-electron chi connectivity index (χ0n) is 12.7. The molecule has 0 fully saturated rings. The fraction of sp³-hybridized carbons (Fsp3) is 0.312. The van der Waals surface area contributed by atoms with E-state index in [4.69, 9.17) is 14.2 Å². The topological polar surface area (TPSA) is 52.6 Å². The quantitative estimate of drug-likeness (QED) is 0.884. The highest BCUT2D eigenvalue weighted by atomic mass is 16.5. The van der Waals surface area contributed by atoms with Gasteiger partial charge < -0.3 is 19.5 Å². The zero-order valence-corrected chi connectivity index (χ0v) is 12.7. The van der Waals surface area contributed by atoms with Crippen molar-refractivity contribution in [1.82, 2.24) is 10.3 Å². The van der Waals surface area contributed by atoms with E-state index < -0.39 is 0 Å². The van der Waals surface area contributed by atoms with Gasteiger partial charge in [-0.25, -0.2) is 0 Å². The number of ether oxygens (including phenoxy) is 3. The summed E-state index contributed by atoms with van der Waals surface area (Å²) >= 11 is 0. The first-order valence-corrected chi connectivity index (χ1v) is 6.62. The maximum Gasteiger partial charge on any atom is 0.131 e. The Bertz CT molecular complexity index is 562. The van der Waals surface area contributed by atoms with Gasteiger partial charge in [-0.15, -0.1) is 0 Å². The van der Waals surface area contributed by atoms with Crippen molar-refractivity contribution in [1.29, 1.82) is 0 Å². The van der Waals surface area contributed by atoms with Crippen molar-refractivity contribution in [2.45, 2.75) is 6.04 Å². The predicted octanol–water partition coefficient (Wildman–Crippen LogP) is 2.42. The summed E-state index contributed by atoms with van der Waals surface area (Å²) in [7, 11) is 6.77. The lowest BCUT2D eigenvalue weighted by Gasteiger charge is -2.22. The average Bonchev–Trinajstić information content (AvgIpc) is 2.56. The van der Waals surface area contributed by atoms with Gasteiger partial charge in [0.2, 0.25) is 0 Å². The minimum absolute atomic E-state index is 0.0884. The minimum atomic E-state index is -0.0884. The normalized spacial score (nSPS) is 11.8. The van der Waals surface area contributed by atoms with E-state index in [1.54, 1.807) is 27.5 Å². The summed E-state index contributed by atoms with van der Waals surface area (Å²) in [6, 6.07) is 7.52. The lowest BCUT2D eigenvalue weighted by Crippen LogP contribution is -2.19. The molecule has 5 heteroatoms. The van der Waals surface area contributed by atoms with Gasteiger partial charge in [0.25, 0.3) is 0 Å². The lowest BCUT2D eigenvalue weighted by molar-refractivity contribution is 0.364. The van der Waals surface area contributed by atoms with E-state index in [0.717, 1.165) is 11.1 Å². The summed E-state index contributed by atoms with van der Waals surface area (Å²) in [5, 5.41) is 3.28. The molecule has 1 atom stereocenters. The van der Waals surface area contributed by atoms with Crippen molar-refractivity contribution >= 4 is 0 Å². The molecular formula is C16H20N2O3. The molecule has 0 aliphatic heterocycles. The summed E-state index contributed by atoms with van der Waals surface area (Å²) in [4.78, 5) is 4.18. The SMILES string of the molecule is CNC(c1cccnc1)c1c(OC)cc(OC)cc1OC. The van der Waals surface area contributed by atoms with Crippen LogP contribution in [0.4, 0.5) is 0 Å². The molecule has 1 aromatic heterocycles. The summed E-state index contributed by atoms with van der Waals surface area (Å²) in [5.41, 5.74) is 1.94. The van der Waals surface area contributed by atoms with Crippen LogP contribution in [0.15, 0.2) is 36.7 Å². The highest BCUT2D eigenvalue weighted by Crippen LogP contribution is 2.40. The number of hydrogen-bond donors (Lipinski definition) is 1. The Labute approximate surface area is 124 Å². The molecule has 1 heterocycles. The van der Waals surface area contributed by atoms with E-state index in [2.05, 4.69) is 10.3 Å².